The van der Waals surface area contributed by atoms with Crippen molar-refractivity contribution in [1.29, 1.82) is 0 Å². The average Bonchev–Trinajstić information content (AvgIpc) is 3.19. The summed E-state index contributed by atoms with van der Waals surface area (Å²) >= 11 is 5.94. The monoisotopic (exact) mass is 381 g/mol. The molecule has 1 saturated heterocycles. The molecule has 1 atom stereocenters. The van der Waals surface area contributed by atoms with Gasteiger partial charge in [0.2, 0.25) is 11.7 Å². The molecule has 0 spiro atoms. The van der Waals surface area contributed by atoms with Gasteiger partial charge in [-0.15, -0.1) is 0 Å². The fourth-order valence-electron chi connectivity index (χ4n) is 3.38. The second kappa shape index (κ2) is 7.53. The molecule has 1 fully saturated rings. The number of aryl methyl sites for hydroxylation is 1. The van der Waals surface area contributed by atoms with Crippen LogP contribution in [0.3, 0.4) is 0 Å². The molecule has 0 N–H and O–H groups in total. The summed E-state index contributed by atoms with van der Waals surface area (Å²) in [6.07, 6.45) is 2.83. The summed E-state index contributed by atoms with van der Waals surface area (Å²) in [5.74, 6) is 1.00. The van der Waals surface area contributed by atoms with Crippen LogP contribution in [-0.2, 0) is 0 Å². The van der Waals surface area contributed by atoms with Crippen LogP contribution in [0.25, 0.3) is 11.4 Å². The Bertz CT molecular complexity index is 935. The lowest BCUT2D eigenvalue weighted by Crippen LogP contribution is -2.38. The molecule has 2 aromatic carbocycles. The molecule has 1 aliphatic heterocycles. The van der Waals surface area contributed by atoms with E-state index in [2.05, 4.69) is 10.1 Å². The SMILES string of the molecule is Cc1ccc(C(=O)N2CCCCC2c2nc(-c3ccc(Cl)cc3)no2)cc1. The Balaban J connectivity index is 1.60. The van der Waals surface area contributed by atoms with Gasteiger partial charge in [-0.05, 0) is 62.6 Å². The minimum absolute atomic E-state index is 0.00550. The zero-order valence-corrected chi connectivity index (χ0v) is 15.8. The Morgan fingerprint density at radius 1 is 1.11 bits per heavy atom. The normalized spacial score (nSPS) is 17.1. The number of hydrogen-bond donors (Lipinski definition) is 0. The fraction of sp³-hybridized carbons (Fsp3) is 0.286. The third-order valence-electron chi connectivity index (χ3n) is 4.89. The van der Waals surface area contributed by atoms with Crippen LogP contribution < -0.4 is 0 Å². The standard InChI is InChI=1S/C21H20ClN3O2/c1-14-5-7-16(8-6-14)21(26)25-13-3-2-4-18(25)20-23-19(24-27-20)15-9-11-17(22)12-10-15/h5-12,18H,2-4,13H2,1H3. The number of rotatable bonds is 3. The highest BCUT2D eigenvalue weighted by atomic mass is 35.5. The Kier molecular flexibility index (Phi) is 4.94. The molecule has 0 radical (unpaired) electrons. The molecule has 0 saturated carbocycles. The molecule has 138 valence electrons. The minimum atomic E-state index is -0.193. The van der Waals surface area contributed by atoms with Crippen LogP contribution in [0, 0.1) is 6.92 Å². The Hall–Kier alpha value is -2.66. The van der Waals surface area contributed by atoms with Crippen molar-refractivity contribution >= 4 is 17.5 Å². The van der Waals surface area contributed by atoms with Crippen LogP contribution in [0.1, 0.15) is 47.1 Å². The molecule has 2 heterocycles. The zero-order valence-electron chi connectivity index (χ0n) is 15.1. The van der Waals surface area contributed by atoms with Crippen molar-refractivity contribution in [3.05, 3.63) is 70.6 Å². The van der Waals surface area contributed by atoms with E-state index in [1.807, 2.05) is 48.2 Å². The summed E-state index contributed by atoms with van der Waals surface area (Å²) in [6.45, 7) is 2.70. The van der Waals surface area contributed by atoms with Crippen LogP contribution in [0.4, 0.5) is 0 Å². The average molecular weight is 382 g/mol. The van der Waals surface area contributed by atoms with Gasteiger partial charge in [0.05, 0.1) is 0 Å². The smallest absolute Gasteiger partial charge is 0.254 e. The quantitative estimate of drug-likeness (QED) is 0.635. The maximum absolute atomic E-state index is 13.0. The third-order valence-corrected chi connectivity index (χ3v) is 5.14. The van der Waals surface area contributed by atoms with Gasteiger partial charge in [0.1, 0.15) is 6.04 Å². The van der Waals surface area contributed by atoms with Gasteiger partial charge in [-0.25, -0.2) is 0 Å². The van der Waals surface area contributed by atoms with E-state index in [0.717, 1.165) is 30.4 Å². The van der Waals surface area contributed by atoms with Crippen LogP contribution >= 0.6 is 11.6 Å². The summed E-state index contributed by atoms with van der Waals surface area (Å²) in [6, 6.07) is 14.8. The summed E-state index contributed by atoms with van der Waals surface area (Å²) in [7, 11) is 0. The molecular formula is C21H20ClN3O2. The van der Waals surface area contributed by atoms with Crippen molar-refractivity contribution in [3.63, 3.8) is 0 Å². The summed E-state index contributed by atoms with van der Waals surface area (Å²) in [5.41, 5.74) is 2.65. The van der Waals surface area contributed by atoms with Crippen LogP contribution in [0.2, 0.25) is 5.02 Å². The van der Waals surface area contributed by atoms with E-state index in [9.17, 15) is 4.79 Å². The van der Waals surface area contributed by atoms with E-state index < -0.39 is 0 Å². The number of benzene rings is 2. The van der Waals surface area contributed by atoms with E-state index in [-0.39, 0.29) is 11.9 Å². The lowest BCUT2D eigenvalue weighted by molar-refractivity contribution is 0.0561. The molecule has 0 aliphatic carbocycles. The number of aromatic nitrogens is 2. The first-order valence-corrected chi connectivity index (χ1v) is 9.47. The maximum atomic E-state index is 13.0. The predicted molar refractivity (Wildman–Crippen MR) is 104 cm³/mol. The Morgan fingerprint density at radius 3 is 2.59 bits per heavy atom. The van der Waals surface area contributed by atoms with E-state index in [0.29, 0.717) is 28.8 Å². The van der Waals surface area contributed by atoms with Gasteiger partial charge in [0.15, 0.2) is 0 Å². The molecule has 4 rings (SSSR count). The molecule has 5 nitrogen and oxygen atoms in total. The topological polar surface area (TPSA) is 59.2 Å². The first-order valence-electron chi connectivity index (χ1n) is 9.09. The van der Waals surface area contributed by atoms with Crippen LogP contribution in [0.5, 0.6) is 0 Å². The number of carbonyl (C=O) groups is 1. The Labute approximate surface area is 163 Å². The summed E-state index contributed by atoms with van der Waals surface area (Å²) < 4.78 is 5.54. The van der Waals surface area contributed by atoms with Gasteiger partial charge in [-0.1, -0.05) is 34.5 Å². The number of piperidine rings is 1. The van der Waals surface area contributed by atoms with Gasteiger partial charge in [0.25, 0.3) is 5.91 Å². The molecule has 1 aromatic heterocycles. The number of nitrogens with zero attached hydrogens (tertiary/aromatic N) is 3. The van der Waals surface area contributed by atoms with Crippen molar-refractivity contribution in [3.8, 4) is 11.4 Å². The van der Waals surface area contributed by atoms with Crippen molar-refractivity contribution < 1.29 is 9.32 Å². The van der Waals surface area contributed by atoms with Gasteiger partial charge >= 0.3 is 0 Å². The summed E-state index contributed by atoms with van der Waals surface area (Å²) in [4.78, 5) is 19.4. The number of halogens is 1. The third kappa shape index (κ3) is 3.74. The van der Waals surface area contributed by atoms with Crippen molar-refractivity contribution in [2.75, 3.05) is 6.54 Å². The highest BCUT2D eigenvalue weighted by molar-refractivity contribution is 6.30. The molecule has 0 bridgehead atoms. The highest BCUT2D eigenvalue weighted by Crippen LogP contribution is 2.32. The minimum Gasteiger partial charge on any atom is -0.337 e. The van der Waals surface area contributed by atoms with Gasteiger partial charge in [0, 0.05) is 22.7 Å². The number of likely N-dealkylation sites (tertiary alicyclic amines) is 1. The number of amides is 1. The largest absolute Gasteiger partial charge is 0.337 e. The lowest BCUT2D eigenvalue weighted by Gasteiger charge is -2.33. The molecule has 1 unspecified atom stereocenters. The molecule has 3 aromatic rings. The molecule has 1 aliphatic rings. The van der Waals surface area contributed by atoms with Gasteiger partial charge in [-0.2, -0.15) is 4.98 Å². The second-order valence-electron chi connectivity index (χ2n) is 6.84. The van der Waals surface area contributed by atoms with Crippen LogP contribution in [0.15, 0.2) is 53.1 Å². The van der Waals surface area contributed by atoms with Gasteiger partial charge < -0.3 is 9.42 Å². The molecule has 1 amide bonds. The number of carbonyl (C=O) groups excluding carboxylic acids is 1. The fourth-order valence-corrected chi connectivity index (χ4v) is 3.51. The molecule has 27 heavy (non-hydrogen) atoms. The Morgan fingerprint density at radius 2 is 1.85 bits per heavy atom. The molecule has 6 heteroatoms. The second-order valence-corrected chi connectivity index (χ2v) is 7.28. The lowest BCUT2D eigenvalue weighted by atomic mass is 10.0. The van der Waals surface area contributed by atoms with E-state index in [1.54, 1.807) is 12.1 Å². The van der Waals surface area contributed by atoms with E-state index in [1.165, 1.54) is 0 Å². The predicted octanol–water partition coefficient (Wildman–Crippen LogP) is 5.07. The van der Waals surface area contributed by atoms with E-state index >= 15 is 0 Å². The summed E-state index contributed by atoms with van der Waals surface area (Å²) in [5, 5.41) is 4.76. The maximum Gasteiger partial charge on any atom is 0.254 e. The van der Waals surface area contributed by atoms with Crippen molar-refractivity contribution in [2.45, 2.75) is 32.2 Å². The molecular weight excluding hydrogens is 362 g/mol. The zero-order chi connectivity index (χ0) is 18.8. The van der Waals surface area contributed by atoms with Crippen molar-refractivity contribution in [2.24, 2.45) is 0 Å². The number of hydrogen-bond acceptors (Lipinski definition) is 4. The van der Waals surface area contributed by atoms with E-state index in [4.69, 9.17) is 16.1 Å². The van der Waals surface area contributed by atoms with Crippen LogP contribution in [-0.4, -0.2) is 27.5 Å². The van der Waals surface area contributed by atoms with Gasteiger partial charge in [-0.3, -0.25) is 4.79 Å². The first kappa shape index (κ1) is 17.7. The highest BCUT2D eigenvalue weighted by Gasteiger charge is 2.32. The van der Waals surface area contributed by atoms with Crippen molar-refractivity contribution in [1.82, 2.24) is 15.0 Å². The first-order chi connectivity index (χ1) is 13.1.